The number of carbonyl (C=O) groups excluding carboxylic acids is 2. The van der Waals surface area contributed by atoms with Gasteiger partial charge >= 0.3 is 5.97 Å². The molecule has 0 saturated carbocycles. The number of carbonyl (C=O) groups is 3. The normalized spacial score (nSPS) is 11.9. The van der Waals surface area contributed by atoms with Crippen LogP contribution in [0.5, 0.6) is 0 Å². The van der Waals surface area contributed by atoms with Crippen molar-refractivity contribution in [2.24, 2.45) is 5.73 Å². The van der Waals surface area contributed by atoms with Crippen molar-refractivity contribution in [3.05, 3.63) is 20.8 Å². The molecule has 8 heteroatoms. The summed E-state index contributed by atoms with van der Waals surface area (Å²) in [5, 5.41) is 11.4. The van der Waals surface area contributed by atoms with E-state index < -0.39 is 17.9 Å². The van der Waals surface area contributed by atoms with Gasteiger partial charge in [-0.05, 0) is 47.3 Å². The molecule has 0 unspecified atom stereocenters. The molecule has 6 nitrogen and oxygen atoms in total. The van der Waals surface area contributed by atoms with Crippen LogP contribution in [0, 0.1) is 0 Å². The van der Waals surface area contributed by atoms with E-state index in [2.05, 4.69) is 21.2 Å². The number of hydrogen-bond donors (Lipinski definition) is 3. The quantitative estimate of drug-likeness (QED) is 0.608. The summed E-state index contributed by atoms with van der Waals surface area (Å²) in [5.74, 6) is -2.08. The molecule has 0 aliphatic carbocycles. The van der Waals surface area contributed by atoms with Crippen molar-refractivity contribution in [3.63, 3.8) is 0 Å². The van der Waals surface area contributed by atoms with Crippen molar-refractivity contribution >= 4 is 45.1 Å². The standard InChI is InChI=1S/C13H17BrN2O4S/c14-10-6-4-8(21-10)2-1-3-12(18)16-9(13(19)20)5-7-11(15)17/h4,6,9H,1-3,5,7H2,(H2,15,17)(H,16,18)(H,19,20)/t9-/m1/s1. The Kier molecular flexibility index (Phi) is 7.38. The smallest absolute Gasteiger partial charge is 0.326 e. The minimum Gasteiger partial charge on any atom is -0.480 e. The van der Waals surface area contributed by atoms with Gasteiger partial charge in [-0.3, -0.25) is 9.59 Å². The van der Waals surface area contributed by atoms with Crippen LogP contribution in [0.2, 0.25) is 0 Å². The first-order chi connectivity index (χ1) is 9.88. The van der Waals surface area contributed by atoms with Gasteiger partial charge in [0.2, 0.25) is 11.8 Å². The maximum Gasteiger partial charge on any atom is 0.326 e. The minimum absolute atomic E-state index is 0.00821. The molecule has 0 aliphatic heterocycles. The van der Waals surface area contributed by atoms with Gasteiger partial charge in [-0.25, -0.2) is 4.79 Å². The minimum atomic E-state index is -1.16. The average Bonchev–Trinajstić information content (AvgIpc) is 2.79. The Hall–Kier alpha value is -1.41. The average molecular weight is 377 g/mol. The van der Waals surface area contributed by atoms with Gasteiger partial charge in [0.15, 0.2) is 0 Å². The van der Waals surface area contributed by atoms with E-state index in [4.69, 9.17) is 10.8 Å². The molecular weight excluding hydrogens is 360 g/mol. The van der Waals surface area contributed by atoms with Crippen LogP contribution in [-0.2, 0) is 20.8 Å². The van der Waals surface area contributed by atoms with Gasteiger partial charge < -0.3 is 16.2 Å². The monoisotopic (exact) mass is 376 g/mol. The number of nitrogens with one attached hydrogen (secondary N) is 1. The fourth-order valence-corrected chi connectivity index (χ4v) is 3.24. The molecule has 0 radical (unpaired) electrons. The lowest BCUT2D eigenvalue weighted by molar-refractivity contribution is -0.142. The van der Waals surface area contributed by atoms with Crippen LogP contribution in [0.25, 0.3) is 0 Å². The second-order valence-corrected chi connectivity index (χ2v) is 7.07. The molecule has 0 saturated heterocycles. The number of amides is 2. The summed E-state index contributed by atoms with van der Waals surface area (Å²) in [5.41, 5.74) is 4.97. The predicted octanol–water partition coefficient (Wildman–Crippen LogP) is 1.67. The summed E-state index contributed by atoms with van der Waals surface area (Å²) in [6.45, 7) is 0. The Morgan fingerprint density at radius 1 is 1.33 bits per heavy atom. The summed E-state index contributed by atoms with van der Waals surface area (Å²) < 4.78 is 1.04. The van der Waals surface area contributed by atoms with Gasteiger partial charge in [-0.2, -0.15) is 0 Å². The van der Waals surface area contributed by atoms with Crippen molar-refractivity contribution in [2.45, 2.75) is 38.1 Å². The third-order valence-corrected chi connectivity index (χ3v) is 4.45. The zero-order valence-electron chi connectivity index (χ0n) is 11.3. The molecule has 0 bridgehead atoms. The molecule has 0 aromatic carbocycles. The van der Waals surface area contributed by atoms with Gasteiger partial charge in [0.25, 0.3) is 0 Å². The summed E-state index contributed by atoms with van der Waals surface area (Å²) in [6, 6.07) is 2.87. The van der Waals surface area contributed by atoms with E-state index >= 15 is 0 Å². The maximum atomic E-state index is 11.7. The van der Waals surface area contributed by atoms with Crippen LogP contribution in [0.3, 0.4) is 0 Å². The summed E-state index contributed by atoms with van der Waals surface area (Å²) in [7, 11) is 0. The van der Waals surface area contributed by atoms with Gasteiger partial charge in [0, 0.05) is 17.7 Å². The second-order valence-electron chi connectivity index (χ2n) is 4.52. The number of nitrogens with two attached hydrogens (primary N) is 1. The number of aliphatic carboxylic acids is 1. The van der Waals surface area contributed by atoms with E-state index in [-0.39, 0.29) is 25.2 Å². The molecule has 21 heavy (non-hydrogen) atoms. The maximum absolute atomic E-state index is 11.7. The van der Waals surface area contributed by atoms with Crippen LogP contribution in [0.4, 0.5) is 0 Å². The fourth-order valence-electron chi connectivity index (χ4n) is 1.72. The Morgan fingerprint density at radius 2 is 2.05 bits per heavy atom. The first-order valence-corrected chi connectivity index (χ1v) is 8.04. The van der Waals surface area contributed by atoms with E-state index in [1.54, 1.807) is 11.3 Å². The number of thiophene rings is 1. The molecule has 116 valence electrons. The highest BCUT2D eigenvalue weighted by molar-refractivity contribution is 9.11. The lowest BCUT2D eigenvalue weighted by atomic mass is 10.1. The molecule has 2 amide bonds. The Labute approximate surface area is 134 Å². The van der Waals surface area contributed by atoms with Gasteiger partial charge in [0.1, 0.15) is 6.04 Å². The molecule has 0 spiro atoms. The molecule has 0 aliphatic rings. The van der Waals surface area contributed by atoms with E-state index in [1.807, 2.05) is 12.1 Å². The molecule has 1 aromatic heterocycles. The third kappa shape index (κ3) is 7.24. The van der Waals surface area contributed by atoms with E-state index in [0.717, 1.165) is 15.1 Å². The van der Waals surface area contributed by atoms with E-state index in [9.17, 15) is 14.4 Å². The van der Waals surface area contributed by atoms with Crippen molar-refractivity contribution < 1.29 is 19.5 Å². The number of primary amides is 1. The van der Waals surface area contributed by atoms with Crippen molar-refractivity contribution in [1.82, 2.24) is 5.32 Å². The van der Waals surface area contributed by atoms with Crippen LogP contribution >= 0.6 is 27.3 Å². The highest BCUT2D eigenvalue weighted by atomic mass is 79.9. The topological polar surface area (TPSA) is 109 Å². The number of rotatable bonds is 9. The number of carboxylic acids is 1. The molecule has 1 atom stereocenters. The SMILES string of the molecule is NC(=O)CC[C@@H](NC(=O)CCCc1ccc(Br)s1)C(=O)O. The van der Waals surface area contributed by atoms with Crippen LogP contribution in [0.15, 0.2) is 15.9 Å². The Morgan fingerprint density at radius 3 is 2.57 bits per heavy atom. The predicted molar refractivity (Wildman–Crippen MR) is 83.0 cm³/mol. The van der Waals surface area contributed by atoms with Gasteiger partial charge in [-0.15, -0.1) is 11.3 Å². The molecule has 1 aromatic rings. The second kappa shape index (κ2) is 8.78. The largest absolute Gasteiger partial charge is 0.480 e. The third-order valence-electron chi connectivity index (χ3n) is 2.77. The van der Waals surface area contributed by atoms with E-state index in [1.165, 1.54) is 0 Å². The summed E-state index contributed by atoms with van der Waals surface area (Å²) in [6.07, 6.45) is 1.59. The fraction of sp³-hybridized carbons (Fsp3) is 0.462. The summed E-state index contributed by atoms with van der Waals surface area (Å²) >= 11 is 4.98. The van der Waals surface area contributed by atoms with Crippen molar-refractivity contribution in [1.29, 1.82) is 0 Å². The van der Waals surface area contributed by atoms with Crippen molar-refractivity contribution in [2.75, 3.05) is 0 Å². The van der Waals surface area contributed by atoms with Crippen LogP contribution in [-0.4, -0.2) is 28.9 Å². The molecule has 0 fully saturated rings. The molecule has 1 rings (SSSR count). The Balaban J connectivity index is 2.32. The highest BCUT2D eigenvalue weighted by Crippen LogP contribution is 2.23. The summed E-state index contributed by atoms with van der Waals surface area (Å²) in [4.78, 5) is 34.5. The number of aryl methyl sites for hydroxylation is 1. The lowest BCUT2D eigenvalue weighted by Gasteiger charge is -2.13. The molecule has 4 N–H and O–H groups in total. The zero-order chi connectivity index (χ0) is 15.8. The highest BCUT2D eigenvalue weighted by Gasteiger charge is 2.20. The van der Waals surface area contributed by atoms with Crippen LogP contribution in [0.1, 0.15) is 30.6 Å². The van der Waals surface area contributed by atoms with E-state index in [0.29, 0.717) is 6.42 Å². The molecule has 1 heterocycles. The number of carboxylic acid groups (broad SMARTS) is 1. The zero-order valence-corrected chi connectivity index (χ0v) is 13.7. The van der Waals surface area contributed by atoms with Gasteiger partial charge in [-0.1, -0.05) is 0 Å². The lowest BCUT2D eigenvalue weighted by Crippen LogP contribution is -2.41. The molecular formula is C13H17BrN2O4S. The first-order valence-electron chi connectivity index (χ1n) is 6.43. The van der Waals surface area contributed by atoms with Gasteiger partial charge in [0.05, 0.1) is 3.79 Å². The Bertz CT molecular complexity index is 518. The van der Waals surface area contributed by atoms with Crippen LogP contribution < -0.4 is 11.1 Å². The number of halogens is 1. The first kappa shape index (κ1) is 17.6. The van der Waals surface area contributed by atoms with Crippen molar-refractivity contribution in [3.8, 4) is 0 Å². The number of hydrogen-bond acceptors (Lipinski definition) is 4.